The predicted molar refractivity (Wildman–Crippen MR) is 81.4 cm³/mol. The average molecular weight is 338 g/mol. The number of hydrogen-bond acceptors (Lipinski definition) is 4. The van der Waals surface area contributed by atoms with Gasteiger partial charge in [-0.2, -0.15) is 23.4 Å². The summed E-state index contributed by atoms with van der Waals surface area (Å²) in [6.07, 6.45) is -0.497. The highest BCUT2D eigenvalue weighted by atomic mass is 19.4. The van der Waals surface area contributed by atoms with Crippen LogP contribution in [0.3, 0.4) is 0 Å². The van der Waals surface area contributed by atoms with E-state index in [0.29, 0.717) is 18.2 Å². The lowest BCUT2D eigenvalue weighted by atomic mass is 10.0. The average Bonchev–Trinajstić information content (AvgIpc) is 2.56. The van der Waals surface area contributed by atoms with Gasteiger partial charge in [-0.3, -0.25) is 0 Å². The van der Waals surface area contributed by atoms with Crippen LogP contribution in [0.15, 0.2) is 30.3 Å². The van der Waals surface area contributed by atoms with Crippen molar-refractivity contribution in [2.24, 2.45) is 0 Å². The van der Waals surface area contributed by atoms with E-state index in [9.17, 15) is 18.3 Å². The summed E-state index contributed by atoms with van der Waals surface area (Å²) in [7, 11) is 0. The highest BCUT2D eigenvalue weighted by Gasteiger charge is 2.31. The third kappa shape index (κ3) is 3.84. The molecule has 0 radical (unpaired) electrons. The van der Waals surface area contributed by atoms with Crippen molar-refractivity contribution in [1.82, 2.24) is 10.2 Å². The van der Waals surface area contributed by atoms with Gasteiger partial charge in [0.2, 0.25) is 0 Å². The molecule has 3 rings (SSSR count). The van der Waals surface area contributed by atoms with Crippen molar-refractivity contribution in [1.29, 1.82) is 0 Å². The molecular weight excluding hydrogens is 321 g/mol. The van der Waals surface area contributed by atoms with Gasteiger partial charge in [0.15, 0.2) is 0 Å². The topological polar surface area (TPSA) is 55.2 Å². The molecule has 1 aromatic heterocycles. The summed E-state index contributed by atoms with van der Waals surface area (Å²) in [6, 6.07) is 6.22. The Morgan fingerprint density at radius 3 is 2.54 bits per heavy atom. The Morgan fingerprint density at radius 1 is 1.12 bits per heavy atom. The summed E-state index contributed by atoms with van der Waals surface area (Å²) in [6.45, 7) is 0.760. The van der Waals surface area contributed by atoms with Crippen LogP contribution in [-0.4, -0.2) is 28.0 Å². The lowest BCUT2D eigenvalue weighted by molar-refractivity contribution is -0.137. The molecule has 7 heteroatoms. The Morgan fingerprint density at radius 2 is 1.96 bits per heavy atom. The fraction of sp³-hybridized carbons (Fsp3) is 0.412. The number of alkyl halides is 3. The van der Waals surface area contributed by atoms with Crippen LogP contribution in [-0.2, 0) is 17.3 Å². The van der Waals surface area contributed by atoms with Crippen molar-refractivity contribution in [2.45, 2.75) is 38.0 Å². The zero-order chi connectivity index (χ0) is 17.2. The van der Waals surface area contributed by atoms with Crippen LogP contribution in [0.2, 0.25) is 0 Å². The molecule has 1 fully saturated rings. The highest BCUT2D eigenvalue weighted by Crippen LogP contribution is 2.35. The lowest BCUT2D eigenvalue weighted by Gasteiger charge is -2.21. The van der Waals surface area contributed by atoms with Gasteiger partial charge in [-0.15, -0.1) is 0 Å². The number of benzene rings is 1. The van der Waals surface area contributed by atoms with Crippen molar-refractivity contribution >= 4 is 0 Å². The Hall–Kier alpha value is -2.15. The molecule has 1 aliphatic heterocycles. The molecule has 2 heterocycles. The van der Waals surface area contributed by atoms with Gasteiger partial charge in [0.1, 0.15) is 5.75 Å². The van der Waals surface area contributed by atoms with E-state index < -0.39 is 17.5 Å². The van der Waals surface area contributed by atoms with Gasteiger partial charge < -0.3 is 9.84 Å². The van der Waals surface area contributed by atoms with Crippen molar-refractivity contribution in [3.8, 4) is 17.0 Å². The van der Waals surface area contributed by atoms with Crippen molar-refractivity contribution in [3.63, 3.8) is 0 Å². The molecule has 0 aliphatic carbocycles. The Labute approximate surface area is 137 Å². The molecule has 1 aliphatic rings. The summed E-state index contributed by atoms with van der Waals surface area (Å²) in [5.41, 5.74) is 0.408. The quantitative estimate of drug-likeness (QED) is 0.920. The van der Waals surface area contributed by atoms with Gasteiger partial charge in [0.25, 0.3) is 0 Å². The molecule has 2 aromatic rings. The van der Waals surface area contributed by atoms with E-state index in [1.807, 2.05) is 0 Å². The number of aromatic hydroxyl groups is 1. The molecule has 0 spiro atoms. The van der Waals surface area contributed by atoms with Gasteiger partial charge in [0, 0.05) is 18.6 Å². The molecule has 0 unspecified atom stereocenters. The smallest absolute Gasteiger partial charge is 0.416 e. The monoisotopic (exact) mass is 338 g/mol. The van der Waals surface area contributed by atoms with Crippen molar-refractivity contribution in [3.05, 3.63) is 41.6 Å². The third-order valence-corrected chi connectivity index (χ3v) is 4.03. The Balaban J connectivity index is 1.75. The van der Waals surface area contributed by atoms with E-state index >= 15 is 0 Å². The number of phenols is 1. The van der Waals surface area contributed by atoms with E-state index in [4.69, 9.17) is 4.74 Å². The largest absolute Gasteiger partial charge is 0.507 e. The summed E-state index contributed by atoms with van der Waals surface area (Å²) in [4.78, 5) is 0. The molecule has 1 aromatic carbocycles. The number of rotatable bonds is 3. The zero-order valence-electron chi connectivity index (χ0n) is 12.9. The first kappa shape index (κ1) is 16.7. The number of nitrogens with zero attached hydrogens (tertiary/aromatic N) is 2. The summed E-state index contributed by atoms with van der Waals surface area (Å²) in [5.74, 6) is -0.470. The lowest BCUT2D eigenvalue weighted by Crippen LogP contribution is -2.21. The van der Waals surface area contributed by atoms with Gasteiger partial charge in [-0.05, 0) is 49.6 Å². The minimum atomic E-state index is -4.49. The SMILES string of the molecule is Oc1cc(C(F)(F)F)ccc1-c1ccc(C[C@H]2CCCCO2)nn1. The maximum absolute atomic E-state index is 12.6. The zero-order valence-corrected chi connectivity index (χ0v) is 12.9. The van der Waals surface area contributed by atoms with Crippen LogP contribution in [0.4, 0.5) is 13.2 Å². The van der Waals surface area contributed by atoms with Crippen LogP contribution >= 0.6 is 0 Å². The maximum Gasteiger partial charge on any atom is 0.416 e. The molecule has 0 saturated carbocycles. The van der Waals surface area contributed by atoms with Crippen LogP contribution < -0.4 is 0 Å². The van der Waals surface area contributed by atoms with Gasteiger partial charge in [0.05, 0.1) is 23.1 Å². The van der Waals surface area contributed by atoms with Crippen LogP contribution in [0.1, 0.15) is 30.5 Å². The standard InChI is InChI=1S/C17H17F3N2O2/c18-17(19,20)11-4-6-14(16(23)9-11)15-7-5-12(21-22-15)10-13-3-1-2-8-24-13/h4-7,9,13,23H,1-3,8,10H2/t13-/m1/s1. The molecule has 1 N–H and O–H groups in total. The van der Waals surface area contributed by atoms with E-state index in [2.05, 4.69) is 10.2 Å². The van der Waals surface area contributed by atoms with E-state index in [-0.39, 0.29) is 11.7 Å². The number of phenolic OH excluding ortho intramolecular Hbond substituents is 1. The van der Waals surface area contributed by atoms with Gasteiger partial charge in [-0.25, -0.2) is 0 Å². The number of halogens is 3. The minimum absolute atomic E-state index is 0.137. The third-order valence-electron chi connectivity index (χ3n) is 4.03. The highest BCUT2D eigenvalue weighted by molar-refractivity contribution is 5.67. The molecule has 1 saturated heterocycles. The minimum Gasteiger partial charge on any atom is -0.507 e. The van der Waals surface area contributed by atoms with E-state index in [0.717, 1.165) is 37.6 Å². The maximum atomic E-state index is 12.6. The number of hydrogen-bond donors (Lipinski definition) is 1. The molecular formula is C17H17F3N2O2. The number of aromatic nitrogens is 2. The van der Waals surface area contributed by atoms with Crippen LogP contribution in [0, 0.1) is 0 Å². The van der Waals surface area contributed by atoms with Crippen molar-refractivity contribution in [2.75, 3.05) is 6.61 Å². The second-order valence-corrected chi connectivity index (χ2v) is 5.83. The summed E-state index contributed by atoms with van der Waals surface area (Å²) in [5, 5.41) is 18.0. The fourth-order valence-electron chi connectivity index (χ4n) is 2.74. The Bertz CT molecular complexity index is 696. The molecule has 128 valence electrons. The normalized spacial score (nSPS) is 18.5. The fourth-order valence-corrected chi connectivity index (χ4v) is 2.74. The summed E-state index contributed by atoms with van der Waals surface area (Å²) < 4.78 is 43.5. The van der Waals surface area contributed by atoms with Crippen LogP contribution in [0.5, 0.6) is 5.75 Å². The second kappa shape index (κ2) is 6.76. The van der Waals surface area contributed by atoms with Crippen molar-refractivity contribution < 1.29 is 23.0 Å². The molecule has 0 amide bonds. The molecule has 1 atom stereocenters. The second-order valence-electron chi connectivity index (χ2n) is 5.83. The van der Waals surface area contributed by atoms with Gasteiger partial charge in [-0.1, -0.05) is 0 Å². The first-order chi connectivity index (χ1) is 11.4. The first-order valence-electron chi connectivity index (χ1n) is 7.78. The molecule has 4 nitrogen and oxygen atoms in total. The Kier molecular flexibility index (Phi) is 4.71. The predicted octanol–water partition coefficient (Wildman–Crippen LogP) is 3.98. The van der Waals surface area contributed by atoms with Gasteiger partial charge >= 0.3 is 6.18 Å². The van der Waals surface area contributed by atoms with E-state index in [1.54, 1.807) is 12.1 Å². The first-order valence-corrected chi connectivity index (χ1v) is 7.78. The van der Waals surface area contributed by atoms with Crippen LogP contribution in [0.25, 0.3) is 11.3 Å². The van der Waals surface area contributed by atoms with E-state index in [1.165, 1.54) is 6.07 Å². The number of ether oxygens (including phenoxy) is 1. The summed E-state index contributed by atoms with van der Waals surface area (Å²) >= 11 is 0. The molecule has 24 heavy (non-hydrogen) atoms. The molecule has 0 bridgehead atoms.